The van der Waals surface area contributed by atoms with E-state index in [0.29, 0.717) is 17.9 Å². The van der Waals surface area contributed by atoms with Crippen LogP contribution in [0.25, 0.3) is 10.4 Å². The van der Waals surface area contributed by atoms with Gasteiger partial charge in [0.2, 0.25) is 5.91 Å². The summed E-state index contributed by atoms with van der Waals surface area (Å²) in [6.45, 7) is 9.32. The Balaban J connectivity index is 2.14. The third-order valence-corrected chi connectivity index (χ3v) is 4.69. The molecule has 2 rings (SSSR count). The Labute approximate surface area is 175 Å². The molecule has 1 aromatic carbocycles. The summed E-state index contributed by atoms with van der Waals surface area (Å²) < 4.78 is 10.8. The highest BCUT2D eigenvalue weighted by Crippen LogP contribution is 2.34. The summed E-state index contributed by atoms with van der Waals surface area (Å²) in [4.78, 5) is 30.0. The lowest BCUT2D eigenvalue weighted by Gasteiger charge is -2.24. The van der Waals surface area contributed by atoms with E-state index in [2.05, 4.69) is 15.6 Å². The molecule has 1 heterocycles. The average molecular weight is 420 g/mol. The molecule has 0 spiro atoms. The first-order valence-electron chi connectivity index (χ1n) is 9.46. The summed E-state index contributed by atoms with van der Waals surface area (Å²) in [5.41, 5.74) is 2.60. The van der Waals surface area contributed by atoms with Gasteiger partial charge in [-0.2, -0.15) is 0 Å². The fraction of sp³-hybridized carbons (Fsp3) is 0.476. The summed E-state index contributed by atoms with van der Waals surface area (Å²) in [6, 6.07) is 4.72. The lowest BCUT2D eigenvalue weighted by molar-refractivity contribution is -0.118. The molecule has 0 aliphatic carbocycles. The van der Waals surface area contributed by atoms with Gasteiger partial charge in [-0.05, 0) is 45.2 Å². The van der Waals surface area contributed by atoms with Gasteiger partial charge < -0.3 is 20.1 Å². The second-order valence-electron chi connectivity index (χ2n) is 8.10. The van der Waals surface area contributed by atoms with Crippen molar-refractivity contribution in [2.45, 2.75) is 52.7 Å². The van der Waals surface area contributed by atoms with Gasteiger partial charge in [0.1, 0.15) is 17.4 Å². The Morgan fingerprint density at radius 1 is 1.24 bits per heavy atom. The number of nitrogens with one attached hydrogen (secondary N) is 2. The van der Waals surface area contributed by atoms with Crippen LogP contribution >= 0.6 is 11.3 Å². The van der Waals surface area contributed by atoms with Crippen LogP contribution in [0.15, 0.2) is 29.9 Å². The number of ether oxygens (including phenoxy) is 2. The molecule has 2 N–H and O–H groups in total. The summed E-state index contributed by atoms with van der Waals surface area (Å²) in [5.74, 6) is 0.536. The highest BCUT2D eigenvalue weighted by molar-refractivity contribution is 7.13. The van der Waals surface area contributed by atoms with Crippen LogP contribution in [0.3, 0.4) is 0 Å². The average Bonchev–Trinajstić information content (AvgIpc) is 3.13. The molecule has 0 saturated heterocycles. The third-order valence-electron chi connectivity index (χ3n) is 3.88. The van der Waals surface area contributed by atoms with E-state index in [1.807, 2.05) is 19.9 Å². The molecule has 0 fully saturated rings. The Morgan fingerprint density at radius 3 is 2.52 bits per heavy atom. The number of aromatic nitrogens is 1. The van der Waals surface area contributed by atoms with Gasteiger partial charge in [0.05, 0.1) is 17.5 Å². The standard InChI is InChI=1S/C21H29N3O4S/c1-13(2)9-16(24-20(26)28-21(3,4)5)19(25)23-14-7-8-15(17(10-14)27-6)18-11-22-12-29-18/h7-8,10-13,16H,9H2,1-6H3,(H,23,25)(H,24,26)/t16-/m1/s1. The number of hydrogen-bond acceptors (Lipinski definition) is 6. The number of anilines is 1. The zero-order valence-electron chi connectivity index (χ0n) is 17.7. The maximum atomic E-state index is 12.8. The second kappa shape index (κ2) is 9.73. The topological polar surface area (TPSA) is 89.6 Å². The van der Waals surface area contributed by atoms with Crippen LogP contribution in [0.2, 0.25) is 0 Å². The van der Waals surface area contributed by atoms with Crippen LogP contribution in [-0.2, 0) is 9.53 Å². The minimum absolute atomic E-state index is 0.212. The van der Waals surface area contributed by atoms with Crippen molar-refractivity contribution in [2.24, 2.45) is 5.92 Å². The Kier molecular flexibility index (Phi) is 7.61. The van der Waals surface area contributed by atoms with E-state index in [9.17, 15) is 9.59 Å². The van der Waals surface area contributed by atoms with E-state index >= 15 is 0 Å². The van der Waals surface area contributed by atoms with E-state index in [0.717, 1.165) is 10.4 Å². The van der Waals surface area contributed by atoms with Gasteiger partial charge in [-0.15, -0.1) is 11.3 Å². The van der Waals surface area contributed by atoms with E-state index in [-0.39, 0.29) is 11.8 Å². The van der Waals surface area contributed by atoms with Crippen molar-refractivity contribution in [1.82, 2.24) is 10.3 Å². The number of carbonyl (C=O) groups excluding carboxylic acids is 2. The summed E-state index contributed by atoms with van der Waals surface area (Å²) in [5, 5.41) is 5.54. The number of amides is 2. The predicted molar refractivity (Wildman–Crippen MR) is 115 cm³/mol. The van der Waals surface area contributed by atoms with Crippen LogP contribution in [0.1, 0.15) is 41.0 Å². The molecule has 0 bridgehead atoms. The molecule has 7 nitrogen and oxygen atoms in total. The highest BCUT2D eigenvalue weighted by atomic mass is 32.1. The lowest BCUT2D eigenvalue weighted by atomic mass is 10.0. The van der Waals surface area contributed by atoms with Crippen LogP contribution in [0.5, 0.6) is 5.75 Å². The molecule has 0 radical (unpaired) electrons. The number of methoxy groups -OCH3 is 1. The molecule has 0 saturated carbocycles. The molecule has 1 atom stereocenters. The van der Waals surface area contributed by atoms with Gasteiger partial charge in [-0.25, -0.2) is 4.79 Å². The molecule has 0 aliphatic heterocycles. The van der Waals surface area contributed by atoms with E-state index in [4.69, 9.17) is 9.47 Å². The zero-order chi connectivity index (χ0) is 21.6. The minimum atomic E-state index is -0.711. The van der Waals surface area contributed by atoms with Crippen molar-refractivity contribution in [3.05, 3.63) is 29.9 Å². The summed E-state index contributed by atoms with van der Waals surface area (Å²) >= 11 is 1.51. The number of carbonyl (C=O) groups is 2. The Bertz CT molecular complexity index is 829. The normalized spacial score (nSPS) is 12.4. The van der Waals surface area contributed by atoms with Gasteiger partial charge in [0.25, 0.3) is 0 Å². The quantitative estimate of drug-likeness (QED) is 0.679. The maximum absolute atomic E-state index is 12.8. The van der Waals surface area contributed by atoms with Gasteiger partial charge in [0.15, 0.2) is 0 Å². The van der Waals surface area contributed by atoms with Crippen molar-refractivity contribution in [1.29, 1.82) is 0 Å². The van der Waals surface area contributed by atoms with Gasteiger partial charge in [0, 0.05) is 23.5 Å². The zero-order valence-corrected chi connectivity index (χ0v) is 18.6. The largest absolute Gasteiger partial charge is 0.496 e. The lowest BCUT2D eigenvalue weighted by Crippen LogP contribution is -2.46. The predicted octanol–water partition coefficient (Wildman–Crippen LogP) is 4.70. The van der Waals surface area contributed by atoms with Crippen LogP contribution in [0, 0.1) is 5.92 Å². The Hall–Kier alpha value is -2.61. The fourth-order valence-electron chi connectivity index (χ4n) is 2.70. The van der Waals surface area contributed by atoms with Gasteiger partial charge >= 0.3 is 6.09 Å². The molecule has 0 aliphatic rings. The molecule has 8 heteroatoms. The molecule has 0 unspecified atom stereocenters. The van der Waals surface area contributed by atoms with Crippen molar-refractivity contribution in [2.75, 3.05) is 12.4 Å². The molecule has 29 heavy (non-hydrogen) atoms. The number of benzene rings is 1. The van der Waals surface area contributed by atoms with Crippen LogP contribution < -0.4 is 15.4 Å². The summed E-state index contributed by atoms with van der Waals surface area (Å²) in [6.07, 6.45) is 1.64. The fourth-order valence-corrected chi connectivity index (χ4v) is 3.36. The van der Waals surface area contributed by atoms with Gasteiger partial charge in [-0.3, -0.25) is 9.78 Å². The van der Waals surface area contributed by atoms with Gasteiger partial charge in [-0.1, -0.05) is 13.8 Å². The first-order valence-corrected chi connectivity index (χ1v) is 10.3. The molecule has 2 amide bonds. The summed E-state index contributed by atoms with van der Waals surface area (Å²) in [7, 11) is 1.58. The van der Waals surface area contributed by atoms with E-state index in [1.165, 1.54) is 11.3 Å². The maximum Gasteiger partial charge on any atom is 0.408 e. The Morgan fingerprint density at radius 2 is 1.97 bits per heavy atom. The molecule has 1 aromatic heterocycles. The first-order chi connectivity index (χ1) is 13.6. The molecular weight excluding hydrogens is 390 g/mol. The number of hydrogen-bond donors (Lipinski definition) is 2. The minimum Gasteiger partial charge on any atom is -0.496 e. The van der Waals surface area contributed by atoms with Crippen LogP contribution in [0.4, 0.5) is 10.5 Å². The number of nitrogens with zero attached hydrogens (tertiary/aromatic N) is 1. The van der Waals surface area contributed by atoms with Crippen molar-refractivity contribution >= 4 is 29.0 Å². The molecular formula is C21H29N3O4S. The molecule has 158 valence electrons. The number of alkyl carbamates (subject to hydrolysis) is 1. The monoisotopic (exact) mass is 419 g/mol. The van der Waals surface area contributed by atoms with Crippen molar-refractivity contribution < 1.29 is 19.1 Å². The smallest absolute Gasteiger partial charge is 0.408 e. The number of thiazole rings is 1. The SMILES string of the molecule is COc1cc(NC(=O)[C@@H](CC(C)C)NC(=O)OC(C)(C)C)ccc1-c1cncs1. The van der Waals surface area contributed by atoms with E-state index < -0.39 is 17.7 Å². The second-order valence-corrected chi connectivity index (χ2v) is 8.98. The number of rotatable bonds is 7. The highest BCUT2D eigenvalue weighted by Gasteiger charge is 2.25. The third kappa shape index (κ3) is 7.05. The van der Waals surface area contributed by atoms with Crippen molar-refractivity contribution in [3.8, 4) is 16.2 Å². The van der Waals surface area contributed by atoms with Crippen molar-refractivity contribution in [3.63, 3.8) is 0 Å². The van der Waals surface area contributed by atoms with Crippen LogP contribution in [-0.4, -0.2) is 35.7 Å². The van der Waals surface area contributed by atoms with E-state index in [1.54, 1.807) is 51.7 Å². The first kappa shape index (κ1) is 22.7. The molecule has 2 aromatic rings.